The van der Waals surface area contributed by atoms with Crippen LogP contribution in [0.3, 0.4) is 0 Å². The van der Waals surface area contributed by atoms with Crippen LogP contribution in [0.4, 0.5) is 22.7 Å². The number of benzene rings is 6. The second kappa shape index (κ2) is 31.1. The summed E-state index contributed by atoms with van der Waals surface area (Å²) in [4.78, 5) is 23.0. The van der Waals surface area contributed by atoms with E-state index in [2.05, 4.69) is 46.1 Å². The van der Waals surface area contributed by atoms with Crippen LogP contribution in [0.15, 0.2) is 167 Å². The number of esters is 2. The lowest BCUT2D eigenvalue weighted by Gasteiger charge is -2.08. The fourth-order valence-corrected chi connectivity index (χ4v) is 7.09. The minimum atomic E-state index is -0.396. The Balaban J connectivity index is 0.000000277. The molecule has 0 aliphatic heterocycles. The lowest BCUT2D eigenvalue weighted by Crippen LogP contribution is -2.08. The van der Waals surface area contributed by atoms with Gasteiger partial charge in [0, 0.05) is 30.6 Å². The Labute approximate surface area is 408 Å². The van der Waals surface area contributed by atoms with Crippen molar-refractivity contribution in [3.8, 4) is 17.2 Å². The zero-order valence-electron chi connectivity index (χ0n) is 40.7. The number of rotatable bonds is 28. The van der Waals surface area contributed by atoms with Crippen molar-refractivity contribution < 1.29 is 33.3 Å². The van der Waals surface area contributed by atoms with Crippen molar-refractivity contribution in [3.63, 3.8) is 0 Å². The van der Waals surface area contributed by atoms with Gasteiger partial charge in [0.25, 0.3) is 0 Å². The number of methoxy groups -OCH3 is 1. The van der Waals surface area contributed by atoms with Gasteiger partial charge >= 0.3 is 11.9 Å². The molecule has 0 fully saturated rings. The lowest BCUT2D eigenvalue weighted by atomic mass is 10.1. The Morgan fingerprint density at radius 1 is 0.522 bits per heavy atom. The first-order chi connectivity index (χ1) is 33.8. The van der Waals surface area contributed by atoms with Crippen LogP contribution in [0.5, 0.6) is 17.2 Å². The van der Waals surface area contributed by atoms with Crippen LogP contribution in [-0.4, -0.2) is 45.5 Å². The molecule has 0 aliphatic rings. The molecule has 0 amide bonds. The maximum absolute atomic E-state index is 12.2. The molecule has 0 heterocycles. The largest absolute Gasteiger partial charge is 0.494 e. The highest BCUT2D eigenvalue weighted by atomic mass is 16.5. The first-order valence-electron chi connectivity index (χ1n) is 24.3. The summed E-state index contributed by atoms with van der Waals surface area (Å²) in [5.74, 6) is 1.31. The van der Waals surface area contributed by atoms with Gasteiger partial charge < -0.3 is 23.7 Å². The average molecular weight is 933 g/mol. The van der Waals surface area contributed by atoms with Gasteiger partial charge in [-0.05, 0) is 155 Å². The molecule has 0 saturated carbocycles. The molecule has 0 atom stereocenters. The van der Waals surface area contributed by atoms with Gasteiger partial charge in [0.1, 0.15) is 17.2 Å². The molecule has 6 rings (SSSR count). The molecule has 0 spiro atoms. The average Bonchev–Trinajstić information content (AvgIpc) is 3.38. The molecule has 0 N–H and O–H groups in total. The summed E-state index contributed by atoms with van der Waals surface area (Å²) in [7, 11) is 1.75. The van der Waals surface area contributed by atoms with Crippen molar-refractivity contribution in [2.75, 3.05) is 33.5 Å². The van der Waals surface area contributed by atoms with E-state index in [1.54, 1.807) is 43.5 Å². The summed E-state index contributed by atoms with van der Waals surface area (Å²) >= 11 is 0. The Morgan fingerprint density at radius 3 is 1.55 bits per heavy atom. The Bertz CT molecular complexity index is 2490. The number of unbranched alkanes of at least 4 members (excludes halogenated alkanes) is 9. The summed E-state index contributed by atoms with van der Waals surface area (Å²) < 4.78 is 26.9. The van der Waals surface area contributed by atoms with Crippen LogP contribution in [0.1, 0.15) is 105 Å². The summed E-state index contributed by atoms with van der Waals surface area (Å²) in [5.41, 5.74) is 6.17. The SMILES string of the molecule is C=CC(=O)OCCCCCCOc1ccc(C(=O)Oc2ccc(C)cc2)cc1.CCCCCCc1ccc(N=Nc2ccc(N=Nc3ccc(OCCCCCCOC)cc3)c3ccccc23)cc1. The summed E-state index contributed by atoms with van der Waals surface area (Å²) in [5, 5.41) is 20.1. The third-order valence-corrected chi connectivity index (χ3v) is 11.1. The molecule has 0 bridgehead atoms. The molecule has 11 nitrogen and oxygen atoms in total. The lowest BCUT2D eigenvalue weighted by molar-refractivity contribution is -0.137. The summed E-state index contributed by atoms with van der Waals surface area (Å²) in [6, 6.07) is 42.4. The summed E-state index contributed by atoms with van der Waals surface area (Å²) in [6.07, 6.45) is 15.5. The van der Waals surface area contributed by atoms with E-state index in [1.807, 2.05) is 91.9 Å². The number of nitrogens with zero attached hydrogens (tertiary/aromatic N) is 4. The topological polar surface area (TPSA) is 130 Å². The fraction of sp³-hybridized carbons (Fsp3) is 0.345. The van der Waals surface area contributed by atoms with E-state index in [9.17, 15) is 9.59 Å². The van der Waals surface area contributed by atoms with Gasteiger partial charge in [-0.3, -0.25) is 0 Å². The number of carbonyl (C=O) groups excluding carboxylic acids is 2. The van der Waals surface area contributed by atoms with Gasteiger partial charge in [0.2, 0.25) is 0 Å². The van der Waals surface area contributed by atoms with Crippen LogP contribution < -0.4 is 14.2 Å². The van der Waals surface area contributed by atoms with Crippen molar-refractivity contribution in [3.05, 3.63) is 163 Å². The van der Waals surface area contributed by atoms with Crippen molar-refractivity contribution >= 4 is 45.5 Å². The molecule has 6 aromatic rings. The predicted octanol–water partition coefficient (Wildman–Crippen LogP) is 16.3. The van der Waals surface area contributed by atoms with E-state index < -0.39 is 5.97 Å². The molecule has 0 radical (unpaired) electrons. The summed E-state index contributed by atoms with van der Waals surface area (Å²) in [6.45, 7) is 10.1. The minimum absolute atomic E-state index is 0.380. The van der Waals surface area contributed by atoms with Crippen LogP contribution in [-0.2, 0) is 20.7 Å². The van der Waals surface area contributed by atoms with Crippen LogP contribution in [0.2, 0.25) is 0 Å². The second-order valence-electron chi connectivity index (χ2n) is 16.6. The van der Waals surface area contributed by atoms with Gasteiger partial charge in [0.05, 0.1) is 48.1 Å². The Kier molecular flexibility index (Phi) is 23.9. The molecule has 0 aromatic heterocycles. The van der Waals surface area contributed by atoms with Gasteiger partial charge in [-0.2, -0.15) is 10.2 Å². The quantitative estimate of drug-likeness (QED) is 0.0157. The maximum Gasteiger partial charge on any atom is 0.343 e. The van der Waals surface area contributed by atoms with Gasteiger partial charge in [-0.1, -0.05) is 93.3 Å². The van der Waals surface area contributed by atoms with Crippen molar-refractivity contribution in [2.24, 2.45) is 20.5 Å². The van der Waals surface area contributed by atoms with E-state index >= 15 is 0 Å². The molecule has 0 saturated heterocycles. The van der Waals surface area contributed by atoms with Gasteiger partial charge in [-0.25, -0.2) is 9.59 Å². The number of carbonyl (C=O) groups is 2. The maximum atomic E-state index is 12.2. The monoisotopic (exact) mass is 933 g/mol. The van der Waals surface area contributed by atoms with E-state index in [1.165, 1.54) is 43.7 Å². The highest BCUT2D eigenvalue weighted by Crippen LogP contribution is 2.35. The molecule has 0 unspecified atom stereocenters. The number of hydrogen-bond donors (Lipinski definition) is 0. The van der Waals surface area contributed by atoms with Gasteiger partial charge in [-0.15, -0.1) is 10.2 Å². The first-order valence-corrected chi connectivity index (χ1v) is 24.3. The van der Waals surface area contributed by atoms with Crippen molar-refractivity contribution in [2.45, 2.75) is 97.3 Å². The Hall–Kier alpha value is -6.98. The van der Waals surface area contributed by atoms with E-state index in [0.29, 0.717) is 36.9 Å². The number of ether oxygens (including phenoxy) is 5. The molecular formula is C58H68N4O7. The minimum Gasteiger partial charge on any atom is -0.494 e. The Morgan fingerprint density at radius 2 is 1.01 bits per heavy atom. The van der Waals surface area contributed by atoms with Crippen LogP contribution >= 0.6 is 0 Å². The van der Waals surface area contributed by atoms with E-state index in [-0.39, 0.29) is 5.97 Å². The number of azo groups is 2. The zero-order valence-corrected chi connectivity index (χ0v) is 40.7. The number of aryl methyl sites for hydroxylation is 2. The smallest absolute Gasteiger partial charge is 0.343 e. The molecule has 69 heavy (non-hydrogen) atoms. The van der Waals surface area contributed by atoms with Crippen LogP contribution in [0.25, 0.3) is 10.8 Å². The van der Waals surface area contributed by atoms with Crippen molar-refractivity contribution in [1.29, 1.82) is 0 Å². The standard InChI is InChI=1S/C35H42N4O2.C23H26O5/c1-3-4-5-8-13-28-16-18-29(19-17-28)36-38-34-24-25-35(33-15-10-9-14-32(33)34)39-37-30-20-22-31(23-21-30)41-27-12-7-6-11-26-40-2;1-3-22(24)27-17-7-5-4-6-16-26-20-14-10-19(11-15-20)23(25)28-21-12-8-18(2)9-13-21/h9-10,14-25H,3-8,11-13,26-27H2,1-2H3;3,8-15H,1,4-7,16-17H2,2H3. The number of hydrogen-bond acceptors (Lipinski definition) is 11. The number of fused-ring (bicyclic) bond motifs is 1. The molecular weight excluding hydrogens is 865 g/mol. The molecule has 6 aromatic carbocycles. The highest BCUT2D eigenvalue weighted by molar-refractivity contribution is 5.99. The second-order valence-corrected chi connectivity index (χ2v) is 16.6. The zero-order chi connectivity index (χ0) is 48.7. The van der Waals surface area contributed by atoms with Crippen LogP contribution in [0, 0.1) is 6.92 Å². The third-order valence-electron chi connectivity index (χ3n) is 11.1. The molecule has 0 aliphatic carbocycles. The molecule has 11 heteroatoms. The third kappa shape index (κ3) is 20.0. The fourth-order valence-electron chi connectivity index (χ4n) is 7.09. The van der Waals surface area contributed by atoms with E-state index in [0.717, 1.165) is 103 Å². The normalized spacial score (nSPS) is 11.1. The predicted molar refractivity (Wildman–Crippen MR) is 277 cm³/mol. The molecule has 362 valence electrons. The van der Waals surface area contributed by atoms with Gasteiger partial charge in [0.15, 0.2) is 0 Å². The van der Waals surface area contributed by atoms with E-state index in [4.69, 9.17) is 23.7 Å². The highest BCUT2D eigenvalue weighted by Gasteiger charge is 2.10. The first kappa shape index (κ1) is 53.0. The van der Waals surface area contributed by atoms with Crippen molar-refractivity contribution in [1.82, 2.24) is 0 Å².